The average molecular weight is 252 g/mol. The number of rotatable bonds is 4. The molecule has 3 fully saturated rings. The summed E-state index contributed by atoms with van der Waals surface area (Å²) in [6.45, 7) is 9.81. The van der Waals surface area contributed by atoms with Gasteiger partial charge in [0.15, 0.2) is 0 Å². The summed E-state index contributed by atoms with van der Waals surface area (Å²) in [6.07, 6.45) is 5.65. The minimum absolute atomic E-state index is 0.0443. The molecule has 0 spiro atoms. The third-order valence-electron chi connectivity index (χ3n) is 6.01. The van der Waals surface area contributed by atoms with Crippen molar-refractivity contribution in [3.05, 3.63) is 0 Å². The number of nitrogens with zero attached hydrogens (tertiary/aromatic N) is 1. The predicted molar refractivity (Wildman–Crippen MR) is 73.4 cm³/mol. The van der Waals surface area contributed by atoms with Crippen LogP contribution in [0.4, 0.5) is 0 Å². The van der Waals surface area contributed by atoms with Crippen LogP contribution in [0, 0.1) is 11.3 Å². The molecule has 104 valence electrons. The van der Waals surface area contributed by atoms with Gasteiger partial charge >= 0.3 is 0 Å². The number of nitrogens with two attached hydrogens (primary N) is 1. The zero-order valence-corrected chi connectivity index (χ0v) is 12.1. The van der Waals surface area contributed by atoms with Gasteiger partial charge in [-0.2, -0.15) is 0 Å². The molecule has 4 unspecified atom stereocenters. The number of ether oxygens (including phenoxy) is 1. The molecular formula is C15H28N2O. The Morgan fingerprint density at radius 1 is 1.33 bits per heavy atom. The van der Waals surface area contributed by atoms with Crippen molar-refractivity contribution in [2.45, 2.75) is 64.1 Å². The molecule has 0 radical (unpaired) electrons. The van der Waals surface area contributed by atoms with Crippen molar-refractivity contribution in [3.63, 3.8) is 0 Å². The topological polar surface area (TPSA) is 38.5 Å². The summed E-state index contributed by atoms with van der Waals surface area (Å²) in [6, 6.07) is 0.831. The summed E-state index contributed by atoms with van der Waals surface area (Å²) in [7, 11) is 0. The molecule has 0 amide bonds. The molecule has 2 N–H and O–H groups in total. The first kappa shape index (κ1) is 12.9. The smallest absolute Gasteiger partial charge is 0.0662 e. The first-order valence-corrected chi connectivity index (χ1v) is 7.61. The third kappa shape index (κ3) is 1.75. The zero-order valence-electron chi connectivity index (χ0n) is 12.1. The fourth-order valence-electron chi connectivity index (χ4n) is 4.36. The summed E-state index contributed by atoms with van der Waals surface area (Å²) < 4.78 is 5.82. The van der Waals surface area contributed by atoms with Crippen LogP contribution in [0.5, 0.6) is 0 Å². The molecule has 3 aliphatic rings. The van der Waals surface area contributed by atoms with Gasteiger partial charge in [0.1, 0.15) is 0 Å². The van der Waals surface area contributed by atoms with Gasteiger partial charge in [0.05, 0.1) is 6.10 Å². The van der Waals surface area contributed by atoms with Crippen LogP contribution in [0.25, 0.3) is 0 Å². The molecule has 0 aromatic rings. The molecule has 1 heterocycles. The Morgan fingerprint density at radius 2 is 2.11 bits per heavy atom. The van der Waals surface area contributed by atoms with E-state index in [1.807, 2.05) is 0 Å². The minimum atomic E-state index is -0.0443. The van der Waals surface area contributed by atoms with Gasteiger partial charge < -0.3 is 10.5 Å². The van der Waals surface area contributed by atoms with Gasteiger partial charge in [-0.15, -0.1) is 0 Å². The van der Waals surface area contributed by atoms with Crippen LogP contribution >= 0.6 is 0 Å². The van der Waals surface area contributed by atoms with Crippen LogP contribution in [0.3, 0.4) is 0 Å². The molecular weight excluding hydrogens is 224 g/mol. The standard InChI is InChI=1S/C15H28N2O/c1-4-18-13-8-15(16,14(13,2)3)10-17-9-11-5-6-12(17)7-11/h11-13H,4-10,16H2,1-3H3. The zero-order chi connectivity index (χ0) is 13.0. The van der Waals surface area contributed by atoms with Gasteiger partial charge in [0, 0.05) is 36.7 Å². The number of hydrogen-bond acceptors (Lipinski definition) is 3. The number of hydrogen-bond donors (Lipinski definition) is 1. The fraction of sp³-hybridized carbons (Fsp3) is 1.00. The Balaban J connectivity index is 1.63. The Kier molecular flexibility index (Phi) is 3.00. The molecule has 1 saturated heterocycles. The Bertz CT molecular complexity index is 330. The lowest BCUT2D eigenvalue weighted by Gasteiger charge is -2.60. The molecule has 2 saturated carbocycles. The molecule has 2 bridgehead atoms. The van der Waals surface area contributed by atoms with Crippen molar-refractivity contribution < 1.29 is 4.74 Å². The van der Waals surface area contributed by atoms with Crippen molar-refractivity contribution in [1.29, 1.82) is 0 Å². The van der Waals surface area contributed by atoms with Crippen molar-refractivity contribution in [1.82, 2.24) is 4.90 Å². The molecule has 4 atom stereocenters. The molecule has 1 aliphatic heterocycles. The third-order valence-corrected chi connectivity index (χ3v) is 6.01. The van der Waals surface area contributed by atoms with E-state index in [1.54, 1.807) is 0 Å². The van der Waals surface area contributed by atoms with E-state index < -0.39 is 0 Å². The van der Waals surface area contributed by atoms with Crippen molar-refractivity contribution in [3.8, 4) is 0 Å². The van der Waals surface area contributed by atoms with Crippen LogP contribution in [0.2, 0.25) is 0 Å². The van der Waals surface area contributed by atoms with E-state index in [2.05, 4.69) is 25.7 Å². The molecule has 0 aromatic heterocycles. The van der Waals surface area contributed by atoms with Crippen LogP contribution < -0.4 is 5.73 Å². The van der Waals surface area contributed by atoms with Crippen molar-refractivity contribution >= 4 is 0 Å². The highest BCUT2D eigenvalue weighted by molar-refractivity contribution is 5.15. The quantitative estimate of drug-likeness (QED) is 0.832. The first-order chi connectivity index (χ1) is 8.46. The second-order valence-electron chi connectivity index (χ2n) is 7.29. The fourth-order valence-corrected chi connectivity index (χ4v) is 4.36. The lowest BCUT2D eigenvalue weighted by atomic mass is 9.54. The van der Waals surface area contributed by atoms with E-state index in [4.69, 9.17) is 10.5 Å². The second kappa shape index (κ2) is 4.19. The maximum absolute atomic E-state index is 6.69. The van der Waals surface area contributed by atoms with Crippen molar-refractivity contribution in [2.24, 2.45) is 17.1 Å². The van der Waals surface area contributed by atoms with Gasteiger partial charge in [0.25, 0.3) is 0 Å². The average Bonchev–Trinajstić information content (AvgIpc) is 2.90. The van der Waals surface area contributed by atoms with Gasteiger partial charge in [-0.05, 0) is 38.5 Å². The van der Waals surface area contributed by atoms with E-state index in [0.29, 0.717) is 6.10 Å². The molecule has 3 nitrogen and oxygen atoms in total. The predicted octanol–water partition coefficient (Wildman–Crippen LogP) is 2.00. The summed E-state index contributed by atoms with van der Waals surface area (Å²) in [5, 5.41) is 0. The van der Waals surface area contributed by atoms with Crippen LogP contribution in [0.15, 0.2) is 0 Å². The maximum Gasteiger partial charge on any atom is 0.0662 e. The SMILES string of the molecule is CCOC1CC(N)(CN2CC3CCC2C3)C1(C)C. The monoisotopic (exact) mass is 252 g/mol. The van der Waals surface area contributed by atoms with E-state index in [9.17, 15) is 0 Å². The largest absolute Gasteiger partial charge is 0.378 e. The highest BCUT2D eigenvalue weighted by Gasteiger charge is 2.59. The van der Waals surface area contributed by atoms with Gasteiger partial charge in [-0.3, -0.25) is 4.90 Å². The van der Waals surface area contributed by atoms with Gasteiger partial charge in [0.2, 0.25) is 0 Å². The Morgan fingerprint density at radius 3 is 2.61 bits per heavy atom. The molecule has 3 rings (SSSR count). The van der Waals surface area contributed by atoms with Crippen molar-refractivity contribution in [2.75, 3.05) is 19.7 Å². The highest BCUT2D eigenvalue weighted by Crippen LogP contribution is 2.51. The van der Waals surface area contributed by atoms with E-state index in [1.165, 1.54) is 25.8 Å². The van der Waals surface area contributed by atoms with E-state index in [0.717, 1.165) is 31.5 Å². The molecule has 0 aromatic carbocycles. The number of likely N-dealkylation sites (tertiary alicyclic amines) is 1. The van der Waals surface area contributed by atoms with Crippen LogP contribution in [0.1, 0.15) is 46.5 Å². The first-order valence-electron chi connectivity index (χ1n) is 7.61. The van der Waals surface area contributed by atoms with Crippen LogP contribution in [-0.2, 0) is 4.74 Å². The van der Waals surface area contributed by atoms with Gasteiger partial charge in [-0.1, -0.05) is 13.8 Å². The van der Waals surface area contributed by atoms with E-state index >= 15 is 0 Å². The summed E-state index contributed by atoms with van der Waals surface area (Å²) >= 11 is 0. The van der Waals surface area contributed by atoms with Gasteiger partial charge in [-0.25, -0.2) is 0 Å². The van der Waals surface area contributed by atoms with E-state index in [-0.39, 0.29) is 11.0 Å². The summed E-state index contributed by atoms with van der Waals surface area (Å²) in [4.78, 5) is 2.66. The highest BCUT2D eigenvalue weighted by atomic mass is 16.5. The summed E-state index contributed by atoms with van der Waals surface area (Å²) in [5.41, 5.74) is 6.76. The number of fused-ring (bicyclic) bond motifs is 2. The lowest BCUT2D eigenvalue weighted by Crippen LogP contribution is -2.73. The lowest BCUT2D eigenvalue weighted by molar-refractivity contribution is -0.157. The number of piperidine rings is 1. The second-order valence-corrected chi connectivity index (χ2v) is 7.29. The summed E-state index contributed by atoms with van der Waals surface area (Å²) in [5.74, 6) is 0.962. The minimum Gasteiger partial charge on any atom is -0.378 e. The molecule has 2 aliphatic carbocycles. The molecule has 18 heavy (non-hydrogen) atoms. The molecule has 3 heteroatoms. The van der Waals surface area contributed by atoms with Crippen LogP contribution in [-0.4, -0.2) is 42.3 Å². The normalized spacial score (nSPS) is 46.3. The Labute approximate surface area is 111 Å². The Hall–Kier alpha value is -0.120. The maximum atomic E-state index is 6.69.